The van der Waals surface area contributed by atoms with Crippen LogP contribution in [-0.2, 0) is 9.53 Å². The van der Waals surface area contributed by atoms with Crippen LogP contribution >= 0.6 is 23.2 Å². The average molecular weight is 340 g/mol. The number of benzene rings is 1. The van der Waals surface area contributed by atoms with E-state index in [-0.39, 0.29) is 5.78 Å². The number of rotatable bonds is 4. The topological polar surface area (TPSA) is 59.2 Å². The number of para-hydroxylation sites is 1. The zero-order valence-corrected chi connectivity index (χ0v) is 13.7. The van der Waals surface area contributed by atoms with Gasteiger partial charge in [-0.2, -0.15) is 0 Å². The van der Waals surface area contributed by atoms with Gasteiger partial charge in [0, 0.05) is 29.1 Å². The van der Waals surface area contributed by atoms with Gasteiger partial charge >= 0.3 is 5.97 Å². The minimum atomic E-state index is -1.10. The lowest BCUT2D eigenvalue weighted by atomic mass is 10.1. The van der Waals surface area contributed by atoms with Crippen LogP contribution in [0, 0.1) is 5.41 Å². The summed E-state index contributed by atoms with van der Waals surface area (Å²) < 4.78 is 4.17. The van der Waals surface area contributed by atoms with Crippen LogP contribution in [0.2, 0.25) is 0 Å². The van der Waals surface area contributed by atoms with Crippen molar-refractivity contribution < 1.29 is 14.3 Å². The summed E-state index contributed by atoms with van der Waals surface area (Å²) in [5, 5.41) is 0.803. The molecule has 2 aromatic rings. The van der Waals surface area contributed by atoms with Crippen molar-refractivity contribution in [3.63, 3.8) is 0 Å². The number of nitrogens with one attached hydrogen (secondary N) is 1. The van der Waals surface area contributed by atoms with E-state index in [1.54, 1.807) is 20.0 Å². The lowest BCUT2D eigenvalue weighted by Crippen LogP contribution is -2.30. The van der Waals surface area contributed by atoms with E-state index in [4.69, 9.17) is 27.9 Å². The Morgan fingerprint density at radius 1 is 1.32 bits per heavy atom. The Balaban J connectivity index is 1.77. The van der Waals surface area contributed by atoms with E-state index in [9.17, 15) is 9.59 Å². The summed E-state index contributed by atoms with van der Waals surface area (Å²) >= 11 is 11.9. The monoisotopic (exact) mass is 339 g/mol. The van der Waals surface area contributed by atoms with E-state index in [2.05, 4.69) is 4.98 Å². The molecule has 3 rings (SSSR count). The van der Waals surface area contributed by atoms with Gasteiger partial charge in [0.05, 0.1) is 0 Å². The first-order valence-corrected chi connectivity index (χ1v) is 7.71. The molecule has 1 N–H and O–H groups in total. The predicted octanol–water partition coefficient (Wildman–Crippen LogP) is 3.87. The number of aromatic amines is 1. The molecule has 1 heterocycles. The zero-order chi connectivity index (χ0) is 16.1. The minimum absolute atomic E-state index is 0.259. The van der Waals surface area contributed by atoms with Crippen LogP contribution < -0.4 is 0 Å². The molecule has 0 radical (unpaired) electrons. The van der Waals surface area contributed by atoms with Gasteiger partial charge < -0.3 is 9.72 Å². The van der Waals surface area contributed by atoms with Crippen molar-refractivity contribution in [1.29, 1.82) is 0 Å². The Hall–Kier alpha value is -1.52. The highest BCUT2D eigenvalue weighted by atomic mass is 35.5. The highest BCUT2D eigenvalue weighted by Gasteiger charge is 2.69. The summed E-state index contributed by atoms with van der Waals surface area (Å²) in [7, 11) is 0. The first kappa shape index (κ1) is 15.4. The number of Topliss-reactive ketones (excluding diaryl/α,β-unsaturated/α-hetero) is 1. The molecule has 0 bridgehead atoms. The summed E-state index contributed by atoms with van der Waals surface area (Å²) in [5.41, 5.74) is 0.420. The maximum absolute atomic E-state index is 12.5. The van der Waals surface area contributed by atoms with Crippen molar-refractivity contribution in [2.24, 2.45) is 5.41 Å². The summed E-state index contributed by atoms with van der Waals surface area (Å²) in [5.74, 6) is -0.803. The van der Waals surface area contributed by atoms with Crippen LogP contribution in [-0.4, -0.2) is 27.2 Å². The molecule has 116 valence electrons. The molecular formula is C16H15Cl2NO3. The Bertz CT molecular complexity index is 768. The molecule has 1 aromatic carbocycles. The number of aromatic nitrogens is 1. The number of carbonyl (C=O) groups excluding carboxylic acids is 2. The molecule has 4 nitrogen and oxygen atoms in total. The molecular weight excluding hydrogens is 325 g/mol. The van der Waals surface area contributed by atoms with Crippen molar-refractivity contribution in [2.75, 3.05) is 0 Å². The first-order chi connectivity index (χ1) is 10.3. The number of H-pyrrole nitrogens is 1. The SMILES string of the molecule is C[C@H](OC(=O)[C@@]1(C)CC1(Cl)Cl)C(=O)c1c[nH]c2ccccc12. The number of alkyl halides is 2. The predicted molar refractivity (Wildman–Crippen MR) is 85.3 cm³/mol. The number of hydrogen-bond acceptors (Lipinski definition) is 3. The first-order valence-electron chi connectivity index (χ1n) is 6.95. The third kappa shape index (κ3) is 2.31. The molecule has 0 spiro atoms. The number of fused-ring (bicyclic) bond motifs is 1. The molecule has 0 unspecified atom stereocenters. The summed E-state index contributed by atoms with van der Waals surface area (Å²) in [6.45, 7) is 3.19. The maximum Gasteiger partial charge on any atom is 0.315 e. The molecule has 1 fully saturated rings. The van der Waals surface area contributed by atoms with E-state index < -0.39 is 21.8 Å². The van der Waals surface area contributed by atoms with Gasteiger partial charge in [0.2, 0.25) is 5.78 Å². The van der Waals surface area contributed by atoms with Gasteiger partial charge in [-0.3, -0.25) is 9.59 Å². The molecule has 1 aliphatic carbocycles. The number of hydrogen-bond donors (Lipinski definition) is 1. The van der Waals surface area contributed by atoms with Crippen LogP contribution in [0.3, 0.4) is 0 Å². The van der Waals surface area contributed by atoms with Crippen molar-refractivity contribution in [1.82, 2.24) is 4.98 Å². The third-order valence-corrected chi connectivity index (χ3v) is 5.32. The van der Waals surface area contributed by atoms with Crippen molar-refractivity contribution in [3.05, 3.63) is 36.0 Å². The molecule has 1 aromatic heterocycles. The van der Waals surface area contributed by atoms with E-state index in [1.165, 1.54) is 0 Å². The Morgan fingerprint density at radius 3 is 2.59 bits per heavy atom. The smallest absolute Gasteiger partial charge is 0.315 e. The molecule has 6 heteroatoms. The van der Waals surface area contributed by atoms with E-state index in [0.29, 0.717) is 12.0 Å². The third-order valence-electron chi connectivity index (χ3n) is 4.22. The molecule has 0 amide bonds. The van der Waals surface area contributed by atoms with Crippen LogP contribution in [0.15, 0.2) is 30.5 Å². The molecule has 1 aliphatic rings. The van der Waals surface area contributed by atoms with Crippen LogP contribution in [0.4, 0.5) is 0 Å². The van der Waals surface area contributed by atoms with Gasteiger partial charge in [-0.25, -0.2) is 0 Å². The fourth-order valence-corrected chi connectivity index (χ4v) is 3.15. The number of ether oxygens (including phenoxy) is 1. The lowest BCUT2D eigenvalue weighted by Gasteiger charge is -2.16. The lowest BCUT2D eigenvalue weighted by molar-refractivity contribution is -0.152. The van der Waals surface area contributed by atoms with Crippen LogP contribution in [0.5, 0.6) is 0 Å². The largest absolute Gasteiger partial charge is 0.454 e. The van der Waals surface area contributed by atoms with Crippen molar-refractivity contribution >= 4 is 45.9 Å². The van der Waals surface area contributed by atoms with Crippen LogP contribution in [0.25, 0.3) is 10.9 Å². The quantitative estimate of drug-likeness (QED) is 0.522. The zero-order valence-electron chi connectivity index (χ0n) is 12.2. The van der Waals surface area contributed by atoms with E-state index in [1.807, 2.05) is 24.3 Å². The molecule has 22 heavy (non-hydrogen) atoms. The maximum atomic E-state index is 12.5. The van der Waals surface area contributed by atoms with Crippen molar-refractivity contribution in [3.8, 4) is 0 Å². The minimum Gasteiger partial charge on any atom is -0.454 e. The van der Waals surface area contributed by atoms with E-state index >= 15 is 0 Å². The highest BCUT2D eigenvalue weighted by Crippen LogP contribution is 2.64. The van der Waals surface area contributed by atoms with Gasteiger partial charge in [0.15, 0.2) is 6.10 Å². The second-order valence-corrected chi connectivity index (χ2v) is 7.36. The Labute approximate surface area is 137 Å². The Kier molecular flexibility index (Phi) is 3.49. The van der Waals surface area contributed by atoms with Gasteiger partial charge in [0.25, 0.3) is 0 Å². The molecule has 2 atom stereocenters. The normalized spacial score (nSPS) is 24.0. The van der Waals surface area contributed by atoms with Gasteiger partial charge in [0.1, 0.15) is 9.75 Å². The second-order valence-electron chi connectivity index (χ2n) is 5.87. The average Bonchev–Trinajstić information content (AvgIpc) is 2.85. The summed E-state index contributed by atoms with van der Waals surface area (Å²) in [6.07, 6.45) is 1.06. The van der Waals surface area contributed by atoms with Crippen LogP contribution in [0.1, 0.15) is 30.6 Å². The van der Waals surface area contributed by atoms with Gasteiger partial charge in [-0.15, -0.1) is 23.2 Å². The number of carbonyl (C=O) groups is 2. The number of ketones is 1. The second kappa shape index (κ2) is 5.00. The fourth-order valence-electron chi connectivity index (χ4n) is 2.46. The van der Waals surface area contributed by atoms with Crippen molar-refractivity contribution in [2.45, 2.75) is 30.7 Å². The number of esters is 1. The molecule has 0 aliphatic heterocycles. The standard InChI is InChI=1S/C16H15Cl2NO3/c1-9(22-14(21)15(2)8-16(15,17)18)13(20)11-7-19-12-6-4-3-5-10(11)12/h3-7,9,19H,8H2,1-2H3/t9-,15+/m0/s1. The molecule has 0 saturated heterocycles. The highest BCUT2D eigenvalue weighted by molar-refractivity contribution is 6.53. The fraction of sp³-hybridized carbons (Fsp3) is 0.375. The summed E-state index contributed by atoms with van der Waals surface area (Å²) in [4.78, 5) is 27.7. The van der Waals surface area contributed by atoms with Gasteiger partial charge in [-0.1, -0.05) is 18.2 Å². The summed E-state index contributed by atoms with van der Waals surface area (Å²) in [6, 6.07) is 7.46. The van der Waals surface area contributed by atoms with Gasteiger partial charge in [-0.05, 0) is 19.9 Å². The van der Waals surface area contributed by atoms with E-state index in [0.717, 1.165) is 10.9 Å². The Morgan fingerprint density at radius 2 is 1.95 bits per heavy atom. The molecule has 1 saturated carbocycles. The number of halogens is 2.